The number of likely N-dealkylation sites (tertiary alicyclic amines) is 1. The minimum Gasteiger partial charge on any atom is -0.491 e. The van der Waals surface area contributed by atoms with Crippen LogP contribution in [0.1, 0.15) is 25.3 Å². The number of rotatable bonds is 7. The number of aliphatic hydroxyl groups is 2. The maximum atomic E-state index is 10.5. The number of ether oxygens (including phenoxy) is 1. The molecule has 1 aliphatic heterocycles. The van der Waals surface area contributed by atoms with E-state index in [9.17, 15) is 10.2 Å². The second-order valence-corrected chi connectivity index (χ2v) is 8.99. The molecule has 0 saturated carbocycles. The van der Waals surface area contributed by atoms with Crippen LogP contribution in [0.25, 0.3) is 21.9 Å². The first-order valence-corrected chi connectivity index (χ1v) is 11.2. The Labute approximate surface area is 189 Å². The second kappa shape index (κ2) is 9.70. The summed E-state index contributed by atoms with van der Waals surface area (Å²) in [6, 6.07) is 22.5. The lowest BCUT2D eigenvalue weighted by Crippen LogP contribution is -2.45. The van der Waals surface area contributed by atoms with Gasteiger partial charge in [0.05, 0.1) is 18.1 Å². The molecule has 3 aromatic rings. The molecule has 1 aliphatic rings. The normalized spacial score (nSPS) is 17.1. The summed E-state index contributed by atoms with van der Waals surface area (Å²) in [6.07, 6.45) is 1.25. The summed E-state index contributed by atoms with van der Waals surface area (Å²) in [5, 5.41) is 31.7. The Morgan fingerprint density at radius 2 is 1.81 bits per heavy atom. The molecule has 5 heteroatoms. The highest BCUT2D eigenvalue weighted by Crippen LogP contribution is 2.33. The number of nitriles is 1. The van der Waals surface area contributed by atoms with Crippen molar-refractivity contribution < 1.29 is 14.9 Å². The maximum Gasteiger partial charge on any atom is 0.120 e. The van der Waals surface area contributed by atoms with Gasteiger partial charge >= 0.3 is 0 Å². The first kappa shape index (κ1) is 22.3. The Kier molecular flexibility index (Phi) is 6.76. The molecule has 0 aromatic heterocycles. The summed E-state index contributed by atoms with van der Waals surface area (Å²) < 4.78 is 6.01. The molecule has 0 radical (unpaired) electrons. The zero-order valence-corrected chi connectivity index (χ0v) is 18.5. The Morgan fingerprint density at radius 1 is 1.09 bits per heavy atom. The molecule has 1 heterocycles. The topological polar surface area (TPSA) is 76.7 Å². The number of benzene rings is 3. The standard InChI is InChI=1S/C27H30N2O3/c1-27(31)11-14-29(15-12-27)18-23(30)19-32-24-16-22-4-2-3-5-25(22)26(17-24)21-8-6-20(7-9-21)10-13-28/h2-9,16-17,23,30-31H,10-12,14-15,18-19H2,1H3. The van der Waals surface area contributed by atoms with Crippen LogP contribution in [0, 0.1) is 11.3 Å². The van der Waals surface area contributed by atoms with Crippen LogP contribution in [0.2, 0.25) is 0 Å². The lowest BCUT2D eigenvalue weighted by Gasteiger charge is -2.36. The fourth-order valence-corrected chi connectivity index (χ4v) is 4.26. The van der Waals surface area contributed by atoms with Crippen LogP contribution in [0.4, 0.5) is 0 Å². The van der Waals surface area contributed by atoms with Crippen molar-refractivity contribution in [1.82, 2.24) is 4.90 Å². The van der Waals surface area contributed by atoms with Crippen LogP contribution >= 0.6 is 0 Å². The van der Waals surface area contributed by atoms with Gasteiger partial charge in [-0.1, -0.05) is 48.5 Å². The molecule has 2 N–H and O–H groups in total. The van der Waals surface area contributed by atoms with Crippen molar-refractivity contribution in [2.24, 2.45) is 0 Å². The summed E-state index contributed by atoms with van der Waals surface area (Å²) in [4.78, 5) is 2.18. The smallest absolute Gasteiger partial charge is 0.120 e. The molecule has 5 nitrogen and oxygen atoms in total. The highest BCUT2D eigenvalue weighted by molar-refractivity contribution is 5.97. The quantitative estimate of drug-likeness (QED) is 0.589. The third-order valence-electron chi connectivity index (χ3n) is 6.23. The first-order valence-electron chi connectivity index (χ1n) is 11.2. The van der Waals surface area contributed by atoms with E-state index in [1.807, 2.05) is 55.5 Å². The average molecular weight is 431 g/mol. The van der Waals surface area contributed by atoms with Gasteiger partial charge in [-0.3, -0.25) is 0 Å². The third-order valence-corrected chi connectivity index (χ3v) is 6.23. The molecule has 166 valence electrons. The van der Waals surface area contributed by atoms with Crippen LogP contribution in [0.3, 0.4) is 0 Å². The van der Waals surface area contributed by atoms with Crippen molar-refractivity contribution >= 4 is 10.8 Å². The van der Waals surface area contributed by atoms with Crippen molar-refractivity contribution in [3.63, 3.8) is 0 Å². The molecule has 0 amide bonds. The zero-order chi connectivity index (χ0) is 22.6. The van der Waals surface area contributed by atoms with Gasteiger partial charge in [-0.05, 0) is 59.4 Å². The molecule has 0 spiro atoms. The lowest BCUT2D eigenvalue weighted by molar-refractivity contribution is -0.0201. The van der Waals surface area contributed by atoms with Gasteiger partial charge in [-0.15, -0.1) is 0 Å². The number of hydrogen-bond acceptors (Lipinski definition) is 5. The second-order valence-electron chi connectivity index (χ2n) is 8.99. The molecule has 1 fully saturated rings. The van der Waals surface area contributed by atoms with E-state index < -0.39 is 11.7 Å². The van der Waals surface area contributed by atoms with Gasteiger partial charge in [0, 0.05) is 19.6 Å². The maximum absolute atomic E-state index is 10.5. The first-order chi connectivity index (χ1) is 15.4. The monoisotopic (exact) mass is 430 g/mol. The Hall–Kier alpha value is -2.91. The van der Waals surface area contributed by atoms with E-state index in [-0.39, 0.29) is 6.61 Å². The Bertz CT molecular complexity index is 1090. The number of fused-ring (bicyclic) bond motifs is 1. The van der Waals surface area contributed by atoms with Crippen molar-refractivity contribution in [2.45, 2.75) is 37.9 Å². The summed E-state index contributed by atoms with van der Waals surface area (Å²) in [6.45, 7) is 4.19. The minimum atomic E-state index is -0.599. The van der Waals surface area contributed by atoms with E-state index in [4.69, 9.17) is 10.00 Å². The van der Waals surface area contributed by atoms with Crippen molar-refractivity contribution in [2.75, 3.05) is 26.2 Å². The van der Waals surface area contributed by atoms with Crippen molar-refractivity contribution in [1.29, 1.82) is 5.26 Å². The van der Waals surface area contributed by atoms with Crippen LogP contribution in [-0.4, -0.2) is 53.1 Å². The minimum absolute atomic E-state index is 0.214. The van der Waals surface area contributed by atoms with Gasteiger partial charge in [0.15, 0.2) is 0 Å². The number of β-amino-alcohol motifs (C(OH)–C–C–N with tert-alkyl or cyclic N) is 1. The van der Waals surface area contributed by atoms with E-state index >= 15 is 0 Å². The average Bonchev–Trinajstić information content (AvgIpc) is 2.79. The fraction of sp³-hybridized carbons (Fsp3) is 0.370. The van der Waals surface area contributed by atoms with E-state index in [1.54, 1.807) is 0 Å². The van der Waals surface area contributed by atoms with E-state index in [2.05, 4.69) is 23.1 Å². The summed E-state index contributed by atoms with van der Waals surface area (Å²) >= 11 is 0. The molecule has 32 heavy (non-hydrogen) atoms. The number of hydrogen-bond donors (Lipinski definition) is 2. The van der Waals surface area contributed by atoms with Gasteiger partial charge in [0.25, 0.3) is 0 Å². The highest BCUT2D eigenvalue weighted by Gasteiger charge is 2.28. The third kappa shape index (κ3) is 5.46. The van der Waals surface area contributed by atoms with Gasteiger partial charge in [0.2, 0.25) is 0 Å². The molecule has 1 atom stereocenters. The van der Waals surface area contributed by atoms with Crippen molar-refractivity contribution in [3.05, 3.63) is 66.2 Å². The molecule has 1 unspecified atom stereocenters. The predicted molar refractivity (Wildman–Crippen MR) is 127 cm³/mol. The predicted octanol–water partition coefficient (Wildman–Crippen LogP) is 4.16. The Morgan fingerprint density at radius 3 is 2.53 bits per heavy atom. The van der Waals surface area contributed by atoms with E-state index in [0.29, 0.717) is 13.0 Å². The lowest BCUT2D eigenvalue weighted by atomic mass is 9.94. The summed E-state index contributed by atoms with van der Waals surface area (Å²) in [5.41, 5.74) is 2.53. The number of piperidine rings is 1. The van der Waals surface area contributed by atoms with Crippen LogP contribution in [-0.2, 0) is 6.42 Å². The molecular weight excluding hydrogens is 400 g/mol. The zero-order valence-electron chi connectivity index (χ0n) is 18.5. The largest absolute Gasteiger partial charge is 0.491 e. The number of aliphatic hydroxyl groups excluding tert-OH is 1. The molecule has 3 aromatic carbocycles. The number of nitrogens with zero attached hydrogens (tertiary/aromatic N) is 2. The van der Waals surface area contributed by atoms with Crippen molar-refractivity contribution in [3.8, 4) is 22.9 Å². The highest BCUT2D eigenvalue weighted by atomic mass is 16.5. The van der Waals surface area contributed by atoms with Crippen LogP contribution < -0.4 is 4.74 Å². The summed E-state index contributed by atoms with van der Waals surface area (Å²) in [5.74, 6) is 0.723. The van der Waals surface area contributed by atoms with Gasteiger partial charge < -0.3 is 19.8 Å². The molecule has 1 saturated heterocycles. The van der Waals surface area contributed by atoms with E-state index in [0.717, 1.165) is 59.1 Å². The Balaban J connectivity index is 1.48. The fourth-order valence-electron chi connectivity index (χ4n) is 4.26. The molecule has 4 rings (SSSR count). The van der Waals surface area contributed by atoms with Crippen LogP contribution in [0.15, 0.2) is 60.7 Å². The molecule has 0 bridgehead atoms. The van der Waals surface area contributed by atoms with Gasteiger partial charge in [-0.25, -0.2) is 0 Å². The van der Waals surface area contributed by atoms with Crippen LogP contribution in [0.5, 0.6) is 5.75 Å². The molecule has 0 aliphatic carbocycles. The molecular formula is C27H30N2O3. The van der Waals surface area contributed by atoms with E-state index in [1.165, 1.54) is 0 Å². The summed E-state index contributed by atoms with van der Waals surface area (Å²) in [7, 11) is 0. The SMILES string of the molecule is CC1(O)CCN(CC(O)COc2cc(-c3ccc(CC#N)cc3)c3ccccc3c2)CC1. The van der Waals surface area contributed by atoms with Gasteiger partial charge in [0.1, 0.15) is 18.5 Å². The van der Waals surface area contributed by atoms with Gasteiger partial charge in [-0.2, -0.15) is 5.26 Å².